The van der Waals surface area contributed by atoms with Crippen LogP contribution in [0.2, 0.25) is 0 Å². The van der Waals surface area contributed by atoms with Crippen LogP contribution in [0.15, 0.2) is 43.1 Å². The van der Waals surface area contributed by atoms with Crippen LogP contribution in [0.4, 0.5) is 19.1 Å². The first-order chi connectivity index (χ1) is 18.2. The molecule has 1 N–H and O–H groups in total. The summed E-state index contributed by atoms with van der Waals surface area (Å²) < 4.78 is 46.8. The minimum absolute atomic E-state index is 0.180. The number of halogens is 3. The Morgan fingerprint density at radius 3 is 2.32 bits per heavy atom. The van der Waals surface area contributed by atoms with E-state index < -0.39 is 11.9 Å². The average molecular weight is 525 g/mol. The van der Waals surface area contributed by atoms with Gasteiger partial charge >= 0.3 is 6.18 Å². The first kappa shape index (κ1) is 25.6. The molecule has 0 aliphatic heterocycles. The van der Waals surface area contributed by atoms with Gasteiger partial charge in [-0.15, -0.1) is 0 Å². The smallest absolute Gasteiger partial charge is 0.434 e. The van der Waals surface area contributed by atoms with Crippen LogP contribution < -0.4 is 10.1 Å². The molecule has 1 saturated carbocycles. The van der Waals surface area contributed by atoms with E-state index >= 15 is 0 Å². The molecule has 0 saturated heterocycles. The van der Waals surface area contributed by atoms with Crippen molar-refractivity contribution in [2.75, 3.05) is 12.4 Å². The molecule has 0 bridgehead atoms. The van der Waals surface area contributed by atoms with E-state index in [-0.39, 0.29) is 17.9 Å². The van der Waals surface area contributed by atoms with E-state index in [2.05, 4.69) is 35.2 Å². The van der Waals surface area contributed by atoms with Gasteiger partial charge in [0.05, 0.1) is 18.8 Å². The van der Waals surface area contributed by atoms with Gasteiger partial charge in [0.1, 0.15) is 24.0 Å². The lowest BCUT2D eigenvalue weighted by Crippen LogP contribution is -2.11. The molecule has 3 aromatic heterocycles. The van der Waals surface area contributed by atoms with Crippen LogP contribution in [0, 0.1) is 0 Å². The summed E-state index contributed by atoms with van der Waals surface area (Å²) in [6, 6.07) is 6.85. The largest absolute Gasteiger partial charge is 0.480 e. The lowest BCUT2D eigenvalue weighted by molar-refractivity contribution is -0.140. The summed E-state index contributed by atoms with van der Waals surface area (Å²) in [4.78, 5) is 25.7. The fourth-order valence-corrected chi connectivity index (χ4v) is 4.23. The molecule has 1 fully saturated rings. The number of hydrogen-bond acceptors (Lipinski definition) is 8. The number of anilines is 1. The maximum absolute atomic E-state index is 13.3. The number of nitrogens with zero attached hydrogens (tertiary/aromatic N) is 7. The summed E-state index contributed by atoms with van der Waals surface area (Å²) in [6.45, 7) is 5.58. The average Bonchev–Trinajstić information content (AvgIpc) is 3.64. The number of alkyl halides is 3. The quantitative estimate of drug-likeness (QED) is 0.306. The summed E-state index contributed by atoms with van der Waals surface area (Å²) >= 11 is 0. The Morgan fingerprint density at radius 2 is 1.68 bits per heavy atom. The molecule has 0 unspecified atom stereocenters. The lowest BCUT2D eigenvalue weighted by atomic mass is 10.1. The molecular formula is C26H27F3N8O. The van der Waals surface area contributed by atoms with Crippen LogP contribution in [0.3, 0.4) is 0 Å². The Kier molecular flexibility index (Phi) is 6.72. The Morgan fingerprint density at radius 1 is 0.974 bits per heavy atom. The second kappa shape index (κ2) is 9.99. The number of rotatable bonds is 8. The highest BCUT2D eigenvalue weighted by molar-refractivity contribution is 5.66. The van der Waals surface area contributed by atoms with Crippen molar-refractivity contribution in [3.8, 4) is 28.7 Å². The standard InChI is InChI=1S/C26H27F3N8O/c1-14(2)37-11-19(26(27,28)29)35-23(37)18-9-5-16(6-10-18)15(3)34-25-33-13-31-22(36-25)20-21(17-7-8-17)30-12-32-24(20)38-4/h5-6,9-15,17H,7-8H2,1-4H3,(H,31,33,34,36)/t15-/m0/s1. The van der Waals surface area contributed by atoms with Gasteiger partial charge in [-0.25, -0.2) is 24.9 Å². The third-order valence-electron chi connectivity index (χ3n) is 6.39. The van der Waals surface area contributed by atoms with Crippen LogP contribution in [0.1, 0.15) is 68.6 Å². The van der Waals surface area contributed by atoms with Crippen molar-refractivity contribution in [2.45, 2.75) is 57.8 Å². The highest BCUT2D eigenvalue weighted by Gasteiger charge is 2.35. The number of hydrogen-bond donors (Lipinski definition) is 1. The molecule has 3 heterocycles. The van der Waals surface area contributed by atoms with Crippen molar-refractivity contribution in [2.24, 2.45) is 0 Å². The normalized spacial score (nSPS) is 14.5. The summed E-state index contributed by atoms with van der Waals surface area (Å²) in [7, 11) is 1.55. The predicted octanol–water partition coefficient (Wildman–Crippen LogP) is 5.85. The van der Waals surface area contributed by atoms with Gasteiger partial charge in [-0.05, 0) is 39.2 Å². The van der Waals surface area contributed by atoms with E-state index in [1.165, 1.54) is 17.2 Å². The maximum Gasteiger partial charge on any atom is 0.434 e. The highest BCUT2D eigenvalue weighted by Crippen LogP contribution is 2.44. The second-order valence-electron chi connectivity index (χ2n) is 9.49. The summed E-state index contributed by atoms with van der Waals surface area (Å²) in [5, 5.41) is 3.27. The lowest BCUT2D eigenvalue weighted by Gasteiger charge is -2.16. The Labute approximate surface area is 217 Å². The molecule has 1 aromatic carbocycles. The monoisotopic (exact) mass is 524 g/mol. The minimum atomic E-state index is -4.51. The van der Waals surface area contributed by atoms with Gasteiger partial charge in [0.2, 0.25) is 11.8 Å². The van der Waals surface area contributed by atoms with Gasteiger partial charge in [-0.1, -0.05) is 24.3 Å². The predicted molar refractivity (Wildman–Crippen MR) is 134 cm³/mol. The van der Waals surface area contributed by atoms with Gasteiger partial charge < -0.3 is 14.6 Å². The van der Waals surface area contributed by atoms with Crippen molar-refractivity contribution >= 4 is 5.95 Å². The van der Waals surface area contributed by atoms with Crippen molar-refractivity contribution in [3.63, 3.8) is 0 Å². The maximum atomic E-state index is 13.3. The Bertz CT molecular complexity index is 1430. The molecular weight excluding hydrogens is 497 g/mol. The number of aromatic nitrogens is 7. The van der Waals surface area contributed by atoms with Gasteiger partial charge in [0, 0.05) is 23.7 Å². The summed E-state index contributed by atoms with van der Waals surface area (Å²) in [5.74, 6) is 1.81. The summed E-state index contributed by atoms with van der Waals surface area (Å²) in [6.07, 6.45) is 1.55. The molecule has 1 atom stereocenters. The van der Waals surface area contributed by atoms with E-state index in [0.29, 0.717) is 34.7 Å². The van der Waals surface area contributed by atoms with Crippen molar-refractivity contribution in [1.29, 1.82) is 0 Å². The molecule has 0 amide bonds. The van der Waals surface area contributed by atoms with Crippen LogP contribution in [-0.2, 0) is 6.18 Å². The second-order valence-corrected chi connectivity index (χ2v) is 9.49. The summed E-state index contributed by atoms with van der Waals surface area (Å²) in [5.41, 5.74) is 2.12. The topological polar surface area (TPSA) is 104 Å². The molecule has 198 valence electrons. The molecule has 1 aliphatic rings. The number of ether oxygens (including phenoxy) is 1. The fraction of sp³-hybridized carbons (Fsp3) is 0.385. The Hall–Kier alpha value is -4.09. The highest BCUT2D eigenvalue weighted by atomic mass is 19.4. The zero-order valence-electron chi connectivity index (χ0n) is 21.4. The molecule has 38 heavy (non-hydrogen) atoms. The van der Waals surface area contributed by atoms with E-state index in [4.69, 9.17) is 4.74 Å². The van der Waals surface area contributed by atoms with E-state index in [9.17, 15) is 13.2 Å². The number of nitrogens with one attached hydrogen (secondary N) is 1. The molecule has 4 aromatic rings. The van der Waals surface area contributed by atoms with E-state index in [1.54, 1.807) is 19.2 Å². The van der Waals surface area contributed by atoms with E-state index in [0.717, 1.165) is 30.3 Å². The van der Waals surface area contributed by atoms with Crippen LogP contribution in [0.25, 0.3) is 22.8 Å². The zero-order chi connectivity index (χ0) is 27.0. The van der Waals surface area contributed by atoms with Crippen LogP contribution in [0.5, 0.6) is 5.88 Å². The van der Waals surface area contributed by atoms with Gasteiger partial charge in [0.15, 0.2) is 11.5 Å². The fourth-order valence-electron chi connectivity index (χ4n) is 4.23. The molecule has 9 nitrogen and oxygen atoms in total. The van der Waals surface area contributed by atoms with Gasteiger partial charge in [-0.3, -0.25) is 0 Å². The zero-order valence-corrected chi connectivity index (χ0v) is 21.4. The third kappa shape index (κ3) is 5.15. The van der Waals surface area contributed by atoms with E-state index in [1.807, 2.05) is 32.9 Å². The molecule has 0 spiro atoms. The molecule has 5 rings (SSSR count). The van der Waals surface area contributed by atoms with Crippen molar-refractivity contribution in [3.05, 3.63) is 60.1 Å². The van der Waals surface area contributed by atoms with Crippen molar-refractivity contribution < 1.29 is 17.9 Å². The van der Waals surface area contributed by atoms with Crippen LogP contribution in [-0.4, -0.2) is 41.6 Å². The van der Waals surface area contributed by atoms with Gasteiger partial charge in [0.25, 0.3) is 0 Å². The molecule has 0 radical (unpaired) electrons. The number of methoxy groups -OCH3 is 1. The van der Waals surface area contributed by atoms with Crippen LogP contribution >= 0.6 is 0 Å². The van der Waals surface area contributed by atoms with Crippen molar-refractivity contribution in [1.82, 2.24) is 34.5 Å². The third-order valence-corrected chi connectivity index (χ3v) is 6.39. The number of imidazole rings is 1. The first-order valence-corrected chi connectivity index (χ1v) is 12.3. The molecule has 12 heteroatoms. The minimum Gasteiger partial charge on any atom is -0.480 e. The molecule has 1 aliphatic carbocycles. The van der Waals surface area contributed by atoms with Gasteiger partial charge in [-0.2, -0.15) is 18.2 Å². The SMILES string of the molecule is COc1ncnc(C2CC2)c1-c1ncnc(N[C@@H](C)c2ccc(-c3nc(C(F)(F)F)cn3C(C)C)cc2)n1. The first-order valence-electron chi connectivity index (χ1n) is 12.3. The Balaban J connectivity index is 1.38. The number of benzene rings is 1.